The molecule has 0 spiro atoms. The number of amides is 2. The Labute approximate surface area is 267 Å². The van der Waals surface area contributed by atoms with Gasteiger partial charge in [0, 0.05) is 56.6 Å². The Bertz CT molecular complexity index is 2060. The molecule has 0 bridgehead atoms. The van der Waals surface area contributed by atoms with E-state index in [4.69, 9.17) is 9.47 Å². The highest BCUT2D eigenvalue weighted by Crippen LogP contribution is 2.43. The summed E-state index contributed by atoms with van der Waals surface area (Å²) in [5.74, 6) is -1.83. The summed E-state index contributed by atoms with van der Waals surface area (Å²) in [5.41, 5.74) is -0.443. The van der Waals surface area contributed by atoms with Crippen molar-refractivity contribution in [2.75, 3.05) is 25.6 Å². The van der Waals surface area contributed by atoms with Crippen molar-refractivity contribution in [2.24, 2.45) is 14.1 Å². The van der Waals surface area contributed by atoms with Crippen molar-refractivity contribution in [3.8, 4) is 34.0 Å². The predicted octanol–water partition coefficient (Wildman–Crippen LogP) is 2.96. The van der Waals surface area contributed by atoms with Gasteiger partial charge in [0.2, 0.25) is 11.8 Å². The van der Waals surface area contributed by atoms with Crippen LogP contribution in [-0.4, -0.2) is 52.2 Å². The van der Waals surface area contributed by atoms with Crippen molar-refractivity contribution >= 4 is 17.5 Å². The number of fused-ring (bicyclic) bond motifs is 1. The molecule has 6 rings (SSSR count). The Morgan fingerprint density at radius 2 is 1.94 bits per heavy atom. The van der Waals surface area contributed by atoms with Gasteiger partial charge in [-0.05, 0) is 42.7 Å². The van der Waals surface area contributed by atoms with Crippen molar-refractivity contribution < 1.29 is 27.8 Å². The topological polar surface area (TPSA) is 146 Å². The number of nitrogens with zero attached hydrogens (tertiary/aromatic N) is 3. The molecule has 0 saturated carbocycles. The number of methoxy groups -OCH3 is 1. The average Bonchev–Trinajstić information content (AvgIpc) is 3.67. The van der Waals surface area contributed by atoms with Gasteiger partial charge in [-0.25, -0.2) is 18.6 Å². The number of ether oxygens (including phenoxy) is 2. The first-order chi connectivity index (χ1) is 22.5. The smallest absolute Gasteiger partial charge is 0.330 e. The summed E-state index contributed by atoms with van der Waals surface area (Å²) >= 11 is 0. The summed E-state index contributed by atoms with van der Waals surface area (Å²) in [7, 11) is 4.12. The Morgan fingerprint density at radius 3 is 2.66 bits per heavy atom. The third-order valence-corrected chi connectivity index (χ3v) is 8.54. The second kappa shape index (κ2) is 12.4. The summed E-state index contributed by atoms with van der Waals surface area (Å²) < 4.78 is 45.2. The third-order valence-electron chi connectivity index (χ3n) is 8.54. The Balaban J connectivity index is 1.32. The van der Waals surface area contributed by atoms with Crippen LogP contribution in [0, 0.1) is 18.6 Å². The summed E-state index contributed by atoms with van der Waals surface area (Å²) in [6.07, 6.45) is 2.35. The highest BCUT2D eigenvalue weighted by molar-refractivity contribution is 6.04. The molecule has 2 atom stereocenters. The molecule has 4 heterocycles. The number of aryl methyl sites for hydroxylation is 1. The molecule has 12 nitrogen and oxygen atoms in total. The maximum absolute atomic E-state index is 16.3. The van der Waals surface area contributed by atoms with Crippen molar-refractivity contribution in [1.82, 2.24) is 24.8 Å². The van der Waals surface area contributed by atoms with Crippen LogP contribution in [0.1, 0.15) is 40.4 Å². The van der Waals surface area contributed by atoms with Gasteiger partial charge < -0.3 is 30.0 Å². The molecule has 4 aromatic rings. The van der Waals surface area contributed by atoms with Gasteiger partial charge in [-0.15, -0.1) is 0 Å². The van der Waals surface area contributed by atoms with E-state index in [0.29, 0.717) is 29.8 Å². The zero-order valence-corrected chi connectivity index (χ0v) is 26.1. The molecule has 0 aliphatic carbocycles. The van der Waals surface area contributed by atoms with Crippen LogP contribution in [0.2, 0.25) is 0 Å². The fourth-order valence-electron chi connectivity index (χ4n) is 5.97. The summed E-state index contributed by atoms with van der Waals surface area (Å²) in [6, 6.07) is 8.32. The van der Waals surface area contributed by atoms with Crippen molar-refractivity contribution in [3.63, 3.8) is 0 Å². The number of rotatable bonds is 8. The minimum absolute atomic E-state index is 0.00119. The quantitative estimate of drug-likeness (QED) is 0.265. The van der Waals surface area contributed by atoms with Crippen molar-refractivity contribution in [3.05, 3.63) is 91.8 Å². The second-order valence-corrected chi connectivity index (χ2v) is 11.5. The maximum Gasteiger partial charge on any atom is 0.330 e. The van der Waals surface area contributed by atoms with E-state index in [1.807, 2.05) is 0 Å². The largest absolute Gasteiger partial charge is 0.491 e. The van der Waals surface area contributed by atoms with E-state index in [2.05, 4.69) is 20.9 Å². The number of halogens is 2. The summed E-state index contributed by atoms with van der Waals surface area (Å²) in [5, 5.41) is 8.93. The molecule has 244 valence electrons. The molecule has 1 fully saturated rings. The van der Waals surface area contributed by atoms with Crippen LogP contribution in [0.4, 0.5) is 14.5 Å². The molecule has 2 amide bonds. The number of hydrogen-bond acceptors (Lipinski definition) is 8. The van der Waals surface area contributed by atoms with Gasteiger partial charge in [0.1, 0.15) is 29.6 Å². The molecule has 3 N–H and O–H groups in total. The lowest BCUT2D eigenvalue weighted by Gasteiger charge is -2.18. The molecular weight excluding hydrogens is 614 g/mol. The molecule has 2 aromatic carbocycles. The van der Waals surface area contributed by atoms with Crippen LogP contribution in [-0.2, 0) is 18.9 Å². The molecule has 2 aromatic heterocycles. The van der Waals surface area contributed by atoms with Crippen LogP contribution in [0.25, 0.3) is 22.4 Å². The molecule has 2 aliphatic rings. The number of anilines is 1. The number of hydrogen-bond donors (Lipinski definition) is 3. The third kappa shape index (κ3) is 5.76. The lowest BCUT2D eigenvalue weighted by atomic mass is 9.95. The lowest BCUT2D eigenvalue weighted by molar-refractivity contribution is -0.119. The van der Waals surface area contributed by atoms with E-state index in [1.54, 1.807) is 13.0 Å². The van der Waals surface area contributed by atoms with Crippen LogP contribution in [0.15, 0.2) is 52.2 Å². The van der Waals surface area contributed by atoms with E-state index in [1.165, 1.54) is 45.5 Å². The molecular formula is C33H32F2N6O6. The molecule has 0 radical (unpaired) electrons. The van der Waals surface area contributed by atoms with E-state index in [-0.39, 0.29) is 64.1 Å². The first kappa shape index (κ1) is 31.6. The van der Waals surface area contributed by atoms with Gasteiger partial charge in [-0.2, -0.15) is 0 Å². The molecule has 2 aliphatic heterocycles. The monoisotopic (exact) mass is 646 g/mol. The van der Waals surface area contributed by atoms with Crippen LogP contribution < -0.4 is 36.7 Å². The normalized spacial score (nSPS) is 16.9. The number of benzene rings is 2. The zero-order valence-electron chi connectivity index (χ0n) is 26.1. The van der Waals surface area contributed by atoms with Crippen molar-refractivity contribution in [1.29, 1.82) is 0 Å². The predicted molar refractivity (Wildman–Crippen MR) is 169 cm³/mol. The number of nitrogens with one attached hydrogen (secondary N) is 3. The Morgan fingerprint density at radius 1 is 1.15 bits per heavy atom. The van der Waals surface area contributed by atoms with E-state index < -0.39 is 28.8 Å². The lowest BCUT2D eigenvalue weighted by Crippen LogP contribution is -2.40. The van der Waals surface area contributed by atoms with Gasteiger partial charge in [0.15, 0.2) is 0 Å². The number of pyridine rings is 1. The first-order valence-corrected chi connectivity index (χ1v) is 14.9. The summed E-state index contributed by atoms with van der Waals surface area (Å²) in [4.78, 5) is 53.8. The van der Waals surface area contributed by atoms with Gasteiger partial charge >= 0.3 is 5.69 Å². The number of carbonyl (C=O) groups is 2. The fourth-order valence-corrected chi connectivity index (χ4v) is 5.97. The molecule has 14 heteroatoms. The van der Waals surface area contributed by atoms with Gasteiger partial charge in [-0.1, -0.05) is 12.1 Å². The van der Waals surface area contributed by atoms with Gasteiger partial charge in [0.05, 0.1) is 30.0 Å². The highest BCUT2D eigenvalue weighted by atomic mass is 19.1. The number of aromatic nitrogens is 3. The number of carbonyl (C=O) groups excluding carboxylic acids is 2. The average molecular weight is 647 g/mol. The first-order valence-electron chi connectivity index (χ1n) is 14.9. The van der Waals surface area contributed by atoms with E-state index in [9.17, 15) is 19.2 Å². The minimum Gasteiger partial charge on any atom is -0.491 e. The highest BCUT2D eigenvalue weighted by Gasteiger charge is 2.32. The standard InChI is InChI=1S/C33H32F2N6O6/c1-16-18(6-5-7-22(16)38-30(43)20-14-40(2)33(45)41(3)32(20)44)27-21(34)10-9-19(29(27)35)23-12-25-28(31(39-23)46-4)24(15-47-25)36-13-17-8-11-26(42)37-17/h5-7,9-10,12,14,17,24,36H,8,11,13,15H2,1-4H3,(H,37,42)(H,38,43). The maximum atomic E-state index is 16.3. The Kier molecular flexibility index (Phi) is 8.36. The molecule has 2 unspecified atom stereocenters. The van der Waals surface area contributed by atoms with E-state index >= 15 is 8.78 Å². The van der Waals surface area contributed by atoms with Gasteiger partial charge in [-0.3, -0.25) is 19.0 Å². The van der Waals surface area contributed by atoms with Crippen LogP contribution >= 0.6 is 0 Å². The van der Waals surface area contributed by atoms with Crippen molar-refractivity contribution in [2.45, 2.75) is 31.8 Å². The Hall–Kier alpha value is -5.37. The SMILES string of the molecule is COc1nc(-c2ccc(F)c(-c3cccc(NC(=O)c4cn(C)c(=O)n(C)c4=O)c3C)c2F)cc2c1C(NCC1CCC(=O)N1)CO2. The fraction of sp³-hybridized carbons (Fsp3) is 0.303. The zero-order chi connectivity index (χ0) is 33.6. The van der Waals surface area contributed by atoms with E-state index in [0.717, 1.165) is 27.8 Å². The second-order valence-electron chi connectivity index (χ2n) is 11.5. The van der Waals surface area contributed by atoms with Gasteiger partial charge in [0.25, 0.3) is 11.5 Å². The minimum atomic E-state index is -0.886. The molecule has 1 saturated heterocycles. The molecule has 47 heavy (non-hydrogen) atoms. The van der Waals surface area contributed by atoms with Crippen LogP contribution in [0.5, 0.6) is 11.6 Å². The summed E-state index contributed by atoms with van der Waals surface area (Å²) in [6.45, 7) is 2.39. The van der Waals surface area contributed by atoms with Crippen LogP contribution in [0.3, 0.4) is 0 Å².